The molecule has 1 aliphatic rings. The van der Waals surface area contributed by atoms with Gasteiger partial charge in [0.05, 0.1) is 20.3 Å². The molecule has 29 heavy (non-hydrogen) atoms. The molecule has 1 aliphatic heterocycles. The van der Waals surface area contributed by atoms with Crippen molar-refractivity contribution in [1.82, 2.24) is 15.5 Å². The van der Waals surface area contributed by atoms with Gasteiger partial charge >= 0.3 is 0 Å². The molecule has 164 valence electrons. The summed E-state index contributed by atoms with van der Waals surface area (Å²) in [6.07, 6.45) is 2.28. The lowest BCUT2D eigenvalue weighted by atomic mass is 10.0. The number of benzene rings is 1. The summed E-state index contributed by atoms with van der Waals surface area (Å²) in [6.45, 7) is 11.7. The molecule has 1 saturated heterocycles. The fourth-order valence-corrected chi connectivity index (χ4v) is 3.55. The molecule has 1 heterocycles. The second-order valence-electron chi connectivity index (χ2n) is 7.87. The standard InChI is InChI=1S/C22H38N4O3/c1-5-23-22(25-19-8-10-26(11-9-19)16-17(2)3)24-15-18-6-7-20(29-13-12-27)21(14-18)28-4/h6-7,14,17,19,27H,5,8-13,15-16H2,1-4H3,(H2,23,24,25). The minimum Gasteiger partial charge on any atom is -0.493 e. The van der Waals surface area contributed by atoms with Crippen LogP contribution in [0.5, 0.6) is 11.5 Å². The van der Waals surface area contributed by atoms with Crippen LogP contribution in [0.2, 0.25) is 0 Å². The summed E-state index contributed by atoms with van der Waals surface area (Å²) >= 11 is 0. The highest BCUT2D eigenvalue weighted by molar-refractivity contribution is 5.80. The lowest BCUT2D eigenvalue weighted by Gasteiger charge is -2.34. The van der Waals surface area contributed by atoms with Crippen LogP contribution in [0, 0.1) is 5.92 Å². The lowest BCUT2D eigenvalue weighted by molar-refractivity contribution is 0.187. The van der Waals surface area contributed by atoms with Crippen molar-refractivity contribution < 1.29 is 14.6 Å². The highest BCUT2D eigenvalue weighted by atomic mass is 16.5. The number of nitrogens with zero attached hydrogens (tertiary/aromatic N) is 2. The summed E-state index contributed by atoms with van der Waals surface area (Å²) in [5.41, 5.74) is 1.04. The van der Waals surface area contributed by atoms with E-state index in [4.69, 9.17) is 19.6 Å². The second-order valence-corrected chi connectivity index (χ2v) is 7.87. The van der Waals surface area contributed by atoms with Crippen LogP contribution in [0.1, 0.15) is 39.2 Å². The van der Waals surface area contributed by atoms with Crippen molar-refractivity contribution in [2.45, 2.75) is 46.2 Å². The van der Waals surface area contributed by atoms with Gasteiger partial charge in [-0.05, 0) is 43.4 Å². The Morgan fingerprint density at radius 1 is 1.28 bits per heavy atom. The molecule has 2 rings (SSSR count). The fourth-order valence-electron chi connectivity index (χ4n) is 3.55. The average molecular weight is 407 g/mol. The molecule has 0 aliphatic carbocycles. The third-order valence-corrected chi connectivity index (χ3v) is 4.89. The van der Waals surface area contributed by atoms with Gasteiger partial charge in [-0.1, -0.05) is 19.9 Å². The maximum Gasteiger partial charge on any atom is 0.191 e. The molecular weight excluding hydrogens is 368 g/mol. The largest absolute Gasteiger partial charge is 0.493 e. The number of ether oxygens (including phenoxy) is 2. The number of rotatable bonds is 10. The SMILES string of the molecule is CCNC(=NCc1ccc(OCCO)c(OC)c1)NC1CCN(CC(C)C)CC1. The van der Waals surface area contributed by atoms with Gasteiger partial charge in [0.1, 0.15) is 6.61 Å². The highest BCUT2D eigenvalue weighted by Crippen LogP contribution is 2.28. The molecule has 3 N–H and O–H groups in total. The maximum atomic E-state index is 8.93. The third kappa shape index (κ3) is 8.11. The van der Waals surface area contributed by atoms with E-state index in [1.807, 2.05) is 18.2 Å². The van der Waals surface area contributed by atoms with Crippen molar-refractivity contribution in [2.24, 2.45) is 10.9 Å². The van der Waals surface area contributed by atoms with Crippen molar-refractivity contribution in [2.75, 3.05) is 46.5 Å². The van der Waals surface area contributed by atoms with Crippen LogP contribution in [0.4, 0.5) is 0 Å². The average Bonchev–Trinajstić information content (AvgIpc) is 2.72. The van der Waals surface area contributed by atoms with Crippen LogP contribution >= 0.6 is 0 Å². The number of aliphatic imine (C=N–C) groups is 1. The first-order chi connectivity index (χ1) is 14.0. The van der Waals surface area contributed by atoms with Gasteiger partial charge in [0.2, 0.25) is 0 Å². The Hall–Kier alpha value is -1.99. The number of aliphatic hydroxyl groups is 1. The summed E-state index contributed by atoms with van der Waals surface area (Å²) in [4.78, 5) is 7.31. The Bertz CT molecular complexity index is 628. The van der Waals surface area contributed by atoms with E-state index in [2.05, 4.69) is 36.3 Å². The van der Waals surface area contributed by atoms with E-state index in [0.29, 0.717) is 24.1 Å². The van der Waals surface area contributed by atoms with Gasteiger partial charge in [0.25, 0.3) is 0 Å². The molecule has 0 radical (unpaired) electrons. The summed E-state index contributed by atoms with van der Waals surface area (Å²) in [6, 6.07) is 6.24. The first-order valence-corrected chi connectivity index (χ1v) is 10.7. The summed E-state index contributed by atoms with van der Waals surface area (Å²) in [7, 11) is 1.62. The minimum atomic E-state index is -0.0245. The molecule has 0 bridgehead atoms. The predicted molar refractivity (Wildman–Crippen MR) is 118 cm³/mol. The van der Waals surface area contributed by atoms with Crippen LogP contribution in [-0.4, -0.2) is 68.5 Å². The predicted octanol–water partition coefficient (Wildman–Crippen LogP) is 2.24. The Labute approximate surface area is 175 Å². The van der Waals surface area contributed by atoms with E-state index in [0.717, 1.165) is 49.9 Å². The van der Waals surface area contributed by atoms with E-state index < -0.39 is 0 Å². The second kappa shape index (κ2) is 12.5. The normalized spacial score (nSPS) is 16.1. The Morgan fingerprint density at radius 2 is 2.03 bits per heavy atom. The first-order valence-electron chi connectivity index (χ1n) is 10.7. The number of nitrogens with one attached hydrogen (secondary N) is 2. The van der Waals surface area contributed by atoms with Gasteiger partial charge in [-0.15, -0.1) is 0 Å². The topological polar surface area (TPSA) is 78.4 Å². The smallest absolute Gasteiger partial charge is 0.191 e. The molecule has 0 aromatic heterocycles. The number of hydrogen-bond acceptors (Lipinski definition) is 5. The zero-order chi connectivity index (χ0) is 21.1. The summed E-state index contributed by atoms with van der Waals surface area (Å²) in [5.74, 6) is 2.86. The molecule has 0 spiro atoms. The number of guanidine groups is 1. The quantitative estimate of drug-likeness (QED) is 0.409. The van der Waals surface area contributed by atoms with E-state index in [-0.39, 0.29) is 13.2 Å². The van der Waals surface area contributed by atoms with E-state index in [1.54, 1.807) is 7.11 Å². The molecule has 0 saturated carbocycles. The van der Waals surface area contributed by atoms with Gasteiger partial charge < -0.3 is 30.1 Å². The van der Waals surface area contributed by atoms with Crippen LogP contribution in [0.25, 0.3) is 0 Å². The van der Waals surface area contributed by atoms with Crippen LogP contribution in [0.15, 0.2) is 23.2 Å². The summed E-state index contributed by atoms with van der Waals surface area (Å²) in [5, 5.41) is 15.9. The fraction of sp³-hybridized carbons (Fsp3) is 0.682. The Balaban J connectivity index is 1.93. The van der Waals surface area contributed by atoms with Gasteiger partial charge in [0, 0.05) is 32.2 Å². The maximum absolute atomic E-state index is 8.93. The van der Waals surface area contributed by atoms with Crippen molar-refractivity contribution in [3.63, 3.8) is 0 Å². The molecule has 0 atom stereocenters. The van der Waals surface area contributed by atoms with Crippen LogP contribution < -0.4 is 20.1 Å². The number of hydrogen-bond donors (Lipinski definition) is 3. The molecule has 1 aromatic rings. The molecule has 7 nitrogen and oxygen atoms in total. The van der Waals surface area contributed by atoms with Crippen molar-refractivity contribution in [3.05, 3.63) is 23.8 Å². The molecule has 1 fully saturated rings. The minimum absolute atomic E-state index is 0.0245. The first kappa shape index (κ1) is 23.3. The Morgan fingerprint density at radius 3 is 2.66 bits per heavy atom. The van der Waals surface area contributed by atoms with Crippen LogP contribution in [0.3, 0.4) is 0 Å². The van der Waals surface area contributed by atoms with Gasteiger partial charge in [0.15, 0.2) is 17.5 Å². The van der Waals surface area contributed by atoms with Crippen molar-refractivity contribution in [1.29, 1.82) is 0 Å². The van der Waals surface area contributed by atoms with Crippen molar-refractivity contribution in [3.8, 4) is 11.5 Å². The monoisotopic (exact) mass is 406 g/mol. The molecule has 1 aromatic carbocycles. The van der Waals surface area contributed by atoms with E-state index >= 15 is 0 Å². The lowest BCUT2D eigenvalue weighted by Crippen LogP contribution is -2.49. The highest BCUT2D eigenvalue weighted by Gasteiger charge is 2.20. The molecule has 0 unspecified atom stereocenters. The van der Waals surface area contributed by atoms with Gasteiger partial charge in [-0.2, -0.15) is 0 Å². The number of piperidine rings is 1. The van der Waals surface area contributed by atoms with E-state index in [9.17, 15) is 0 Å². The molecule has 7 heteroatoms. The number of methoxy groups -OCH3 is 1. The zero-order valence-electron chi connectivity index (χ0n) is 18.4. The zero-order valence-corrected chi connectivity index (χ0v) is 18.4. The summed E-state index contributed by atoms with van der Waals surface area (Å²) < 4.78 is 10.9. The van der Waals surface area contributed by atoms with Crippen LogP contribution in [-0.2, 0) is 6.54 Å². The third-order valence-electron chi connectivity index (χ3n) is 4.89. The Kier molecular flexibility index (Phi) is 10.1. The van der Waals surface area contributed by atoms with Gasteiger partial charge in [-0.3, -0.25) is 0 Å². The number of likely N-dealkylation sites (tertiary alicyclic amines) is 1. The van der Waals surface area contributed by atoms with Crippen molar-refractivity contribution >= 4 is 5.96 Å². The van der Waals surface area contributed by atoms with E-state index in [1.165, 1.54) is 6.54 Å². The van der Waals surface area contributed by atoms with Gasteiger partial charge in [-0.25, -0.2) is 4.99 Å². The number of aliphatic hydroxyl groups excluding tert-OH is 1. The molecular formula is C22H38N4O3. The molecule has 0 amide bonds.